The molecule has 2 aliphatic rings. The number of nitrogens with one attached hydrogen (secondary N) is 1. The van der Waals surface area contributed by atoms with E-state index in [0.717, 1.165) is 43.7 Å². The van der Waals surface area contributed by atoms with Crippen LogP contribution in [0.25, 0.3) is 0 Å². The van der Waals surface area contributed by atoms with Gasteiger partial charge < -0.3 is 10.1 Å². The number of hydrogen-bond acceptors (Lipinski definition) is 7. The largest absolute Gasteiger partial charge is 0.452 e. The van der Waals surface area contributed by atoms with Gasteiger partial charge in [0.25, 0.3) is 11.6 Å². The van der Waals surface area contributed by atoms with Crippen LogP contribution in [-0.2, 0) is 19.4 Å². The van der Waals surface area contributed by atoms with Gasteiger partial charge >= 0.3 is 5.97 Å². The molecule has 164 valence electrons. The minimum absolute atomic E-state index is 0.00702. The molecular weight excluding hydrogens is 412 g/mol. The van der Waals surface area contributed by atoms with Crippen molar-refractivity contribution in [2.45, 2.75) is 51.0 Å². The van der Waals surface area contributed by atoms with E-state index in [0.29, 0.717) is 5.92 Å². The number of sulfone groups is 1. The topological polar surface area (TPSA) is 133 Å². The van der Waals surface area contributed by atoms with Crippen molar-refractivity contribution in [1.29, 1.82) is 0 Å². The van der Waals surface area contributed by atoms with Crippen molar-refractivity contribution in [1.82, 2.24) is 5.32 Å². The molecule has 0 heterocycles. The second kappa shape index (κ2) is 7.33. The van der Waals surface area contributed by atoms with Crippen molar-refractivity contribution < 1.29 is 27.7 Å². The Balaban J connectivity index is 1.64. The van der Waals surface area contributed by atoms with E-state index in [-0.39, 0.29) is 22.4 Å². The monoisotopic (exact) mass is 438 g/mol. The highest BCUT2D eigenvalue weighted by atomic mass is 32.2. The third-order valence-corrected chi connectivity index (χ3v) is 8.40. The van der Waals surface area contributed by atoms with Gasteiger partial charge in [-0.3, -0.25) is 14.9 Å². The molecule has 9 nitrogen and oxygen atoms in total. The van der Waals surface area contributed by atoms with E-state index < -0.39 is 43.8 Å². The number of benzene rings is 1. The van der Waals surface area contributed by atoms with Gasteiger partial charge in [0, 0.05) is 18.4 Å². The summed E-state index contributed by atoms with van der Waals surface area (Å²) in [4.78, 5) is 34.4. The Morgan fingerprint density at radius 3 is 2.47 bits per heavy atom. The molecule has 2 bridgehead atoms. The fourth-order valence-corrected chi connectivity index (χ4v) is 5.80. The summed E-state index contributed by atoms with van der Waals surface area (Å²) in [5.74, 6) is -0.822. The summed E-state index contributed by atoms with van der Waals surface area (Å²) in [6, 6.07) is 2.97. The molecule has 0 aliphatic heterocycles. The number of hydrogen-bond donors (Lipinski definition) is 1. The maximum Gasteiger partial charge on any atom is 0.338 e. The zero-order valence-corrected chi connectivity index (χ0v) is 18.2. The molecule has 0 spiro atoms. The summed E-state index contributed by atoms with van der Waals surface area (Å²) in [5.41, 5.74) is -0.801. The van der Waals surface area contributed by atoms with Crippen LogP contribution in [0.1, 0.15) is 50.4 Å². The number of nitro groups is 1. The van der Waals surface area contributed by atoms with Crippen molar-refractivity contribution in [2.24, 2.45) is 16.7 Å². The van der Waals surface area contributed by atoms with E-state index in [1.54, 1.807) is 0 Å². The third-order valence-electron chi connectivity index (χ3n) is 7.25. The Bertz CT molecular complexity index is 1020. The van der Waals surface area contributed by atoms with E-state index >= 15 is 0 Å². The fraction of sp³-hybridized carbons (Fsp3) is 0.600. The summed E-state index contributed by atoms with van der Waals surface area (Å²) < 4.78 is 28.3. The lowest BCUT2D eigenvalue weighted by atomic mass is 9.69. The Labute approximate surface area is 175 Å². The zero-order valence-electron chi connectivity index (χ0n) is 17.4. The third kappa shape index (κ3) is 3.68. The minimum Gasteiger partial charge on any atom is -0.452 e. The molecule has 3 rings (SSSR count). The average Bonchev–Trinajstić information content (AvgIpc) is 2.98. The molecule has 1 amide bonds. The highest BCUT2D eigenvalue weighted by Gasteiger charge is 2.61. The number of carbonyl (C=O) groups is 2. The fourth-order valence-electron chi connectivity index (χ4n) is 4.97. The van der Waals surface area contributed by atoms with Gasteiger partial charge in [0.15, 0.2) is 16.4 Å². The normalized spacial score (nSPS) is 26.9. The first-order valence-corrected chi connectivity index (χ1v) is 11.6. The van der Waals surface area contributed by atoms with Crippen LogP contribution in [0.3, 0.4) is 0 Å². The molecule has 2 fully saturated rings. The van der Waals surface area contributed by atoms with Crippen LogP contribution in [0, 0.1) is 26.9 Å². The minimum atomic E-state index is -3.84. The summed E-state index contributed by atoms with van der Waals surface area (Å²) in [7, 11) is -3.84. The van der Waals surface area contributed by atoms with E-state index in [4.69, 9.17) is 4.74 Å². The molecule has 2 aliphatic carbocycles. The molecule has 1 aromatic carbocycles. The van der Waals surface area contributed by atoms with Crippen LogP contribution in [0.4, 0.5) is 5.69 Å². The zero-order chi connectivity index (χ0) is 22.5. The van der Waals surface area contributed by atoms with E-state index in [9.17, 15) is 28.1 Å². The number of rotatable bonds is 6. The van der Waals surface area contributed by atoms with Crippen molar-refractivity contribution >= 4 is 27.4 Å². The summed E-state index contributed by atoms with van der Waals surface area (Å²) in [6.45, 7) is 6.12. The molecule has 0 aromatic heterocycles. The predicted octanol–water partition coefficient (Wildman–Crippen LogP) is 2.49. The number of nitro benzene ring substituents is 1. The van der Waals surface area contributed by atoms with Crippen LogP contribution >= 0.6 is 0 Å². The Hall–Kier alpha value is -2.49. The van der Waals surface area contributed by atoms with Gasteiger partial charge in [-0.25, -0.2) is 13.2 Å². The molecule has 30 heavy (non-hydrogen) atoms. The number of nitrogens with zero attached hydrogens (tertiary/aromatic N) is 1. The number of amides is 1. The molecule has 1 aromatic rings. The van der Waals surface area contributed by atoms with Crippen molar-refractivity contribution in [3.8, 4) is 0 Å². The second-order valence-electron chi connectivity index (χ2n) is 9.02. The molecule has 10 heteroatoms. The standard InChI is InChI=1S/C20H26N2O7S/c1-19(2)13-7-8-20(19,3)16(10-13)21-17(23)11-29-18(24)12-5-6-15(30(4,27)28)14(9-12)22(25)26/h5-6,9,13,16H,7-8,10-11H2,1-4H3,(H,21,23)/t13-,16-,20+/m0/s1. The van der Waals surface area contributed by atoms with Gasteiger partial charge in [-0.05, 0) is 48.1 Å². The van der Waals surface area contributed by atoms with Gasteiger partial charge in [0.05, 0.1) is 10.5 Å². The van der Waals surface area contributed by atoms with Gasteiger partial charge in [-0.15, -0.1) is 0 Å². The van der Waals surface area contributed by atoms with Gasteiger partial charge in [-0.2, -0.15) is 0 Å². The van der Waals surface area contributed by atoms with Crippen LogP contribution in [0.15, 0.2) is 23.1 Å². The lowest BCUT2D eigenvalue weighted by Crippen LogP contribution is -2.48. The molecule has 0 radical (unpaired) electrons. The maximum absolute atomic E-state index is 12.3. The van der Waals surface area contributed by atoms with Crippen molar-refractivity contribution in [3.63, 3.8) is 0 Å². The Morgan fingerprint density at radius 1 is 1.30 bits per heavy atom. The maximum atomic E-state index is 12.3. The molecule has 0 unspecified atom stereocenters. The van der Waals surface area contributed by atoms with Gasteiger partial charge in [0.1, 0.15) is 4.90 Å². The van der Waals surface area contributed by atoms with Crippen LogP contribution in [-0.4, -0.2) is 44.1 Å². The van der Waals surface area contributed by atoms with Crippen LogP contribution < -0.4 is 5.32 Å². The summed E-state index contributed by atoms with van der Waals surface area (Å²) in [5, 5.41) is 14.1. The summed E-state index contributed by atoms with van der Waals surface area (Å²) >= 11 is 0. The molecule has 0 saturated heterocycles. The molecular formula is C20H26N2O7S. The van der Waals surface area contributed by atoms with Gasteiger partial charge in [0.2, 0.25) is 0 Å². The first-order chi connectivity index (χ1) is 13.8. The predicted molar refractivity (Wildman–Crippen MR) is 108 cm³/mol. The van der Waals surface area contributed by atoms with E-state index in [1.807, 2.05) is 0 Å². The van der Waals surface area contributed by atoms with Crippen molar-refractivity contribution in [2.75, 3.05) is 12.9 Å². The first kappa shape index (κ1) is 22.2. The highest BCUT2D eigenvalue weighted by molar-refractivity contribution is 7.90. The quantitative estimate of drug-likeness (QED) is 0.410. The SMILES string of the molecule is CC1(C)[C@H]2CC[C@]1(C)[C@@H](NC(=O)COC(=O)c1ccc(S(C)(=O)=O)c([N+](=O)[O-])c1)C2. The number of fused-ring (bicyclic) bond motifs is 2. The van der Waals surface area contributed by atoms with E-state index in [1.165, 1.54) is 0 Å². The Kier molecular flexibility index (Phi) is 5.43. The molecule has 3 atom stereocenters. The lowest BCUT2D eigenvalue weighted by Gasteiger charge is -2.39. The smallest absolute Gasteiger partial charge is 0.338 e. The number of carbonyl (C=O) groups excluding carboxylic acids is 2. The number of ether oxygens (including phenoxy) is 1. The van der Waals surface area contributed by atoms with Crippen molar-refractivity contribution in [3.05, 3.63) is 33.9 Å². The highest BCUT2D eigenvalue weighted by Crippen LogP contribution is 2.65. The number of esters is 1. The van der Waals surface area contributed by atoms with E-state index in [2.05, 4.69) is 26.1 Å². The molecule has 1 N–H and O–H groups in total. The average molecular weight is 439 g/mol. The lowest BCUT2D eigenvalue weighted by molar-refractivity contribution is -0.387. The first-order valence-electron chi connectivity index (χ1n) is 9.72. The molecule has 2 saturated carbocycles. The van der Waals surface area contributed by atoms with Crippen LogP contribution in [0.5, 0.6) is 0 Å². The Morgan fingerprint density at radius 2 is 1.97 bits per heavy atom. The van der Waals surface area contributed by atoms with Crippen LogP contribution in [0.2, 0.25) is 0 Å². The summed E-state index contributed by atoms with van der Waals surface area (Å²) in [6.07, 6.45) is 3.91. The second-order valence-corrected chi connectivity index (χ2v) is 11.0. The van der Waals surface area contributed by atoms with Gasteiger partial charge in [-0.1, -0.05) is 20.8 Å².